The molecule has 0 saturated heterocycles. The number of rotatable bonds is 6. The van der Waals surface area contributed by atoms with Crippen molar-refractivity contribution in [3.63, 3.8) is 0 Å². The standard InChI is InChI=1S/C19H18ClN3O/c20-16-8-6-15(7-9-16)18(23-11-3-4-12-23)13-19(24)22-14-17-5-1-2-10-21-17/h1-12,18H,13-14H2,(H,22,24). The summed E-state index contributed by atoms with van der Waals surface area (Å²) >= 11 is 5.97. The molecular weight excluding hydrogens is 322 g/mol. The lowest BCUT2D eigenvalue weighted by Crippen LogP contribution is -2.26. The maximum absolute atomic E-state index is 12.4. The van der Waals surface area contributed by atoms with E-state index in [1.54, 1.807) is 6.20 Å². The van der Waals surface area contributed by atoms with Gasteiger partial charge in [0.15, 0.2) is 0 Å². The average Bonchev–Trinajstić information content (AvgIpc) is 3.14. The van der Waals surface area contributed by atoms with Crippen LogP contribution in [0.1, 0.15) is 23.7 Å². The van der Waals surface area contributed by atoms with Crippen molar-refractivity contribution in [3.05, 3.63) is 89.5 Å². The number of pyridine rings is 1. The fraction of sp³-hybridized carbons (Fsp3) is 0.158. The lowest BCUT2D eigenvalue weighted by molar-refractivity contribution is -0.121. The number of halogens is 1. The summed E-state index contributed by atoms with van der Waals surface area (Å²) < 4.78 is 2.03. The minimum Gasteiger partial charge on any atom is -0.350 e. The molecule has 0 saturated carbocycles. The third-order valence-corrected chi connectivity index (χ3v) is 4.07. The van der Waals surface area contributed by atoms with Gasteiger partial charge < -0.3 is 9.88 Å². The smallest absolute Gasteiger partial charge is 0.222 e. The number of hydrogen-bond donors (Lipinski definition) is 1. The normalized spacial score (nSPS) is 11.9. The molecule has 122 valence electrons. The van der Waals surface area contributed by atoms with Crippen molar-refractivity contribution in [1.29, 1.82) is 0 Å². The van der Waals surface area contributed by atoms with Crippen molar-refractivity contribution >= 4 is 17.5 Å². The summed E-state index contributed by atoms with van der Waals surface area (Å²) in [6.07, 6.45) is 6.00. The lowest BCUT2D eigenvalue weighted by Gasteiger charge is -2.19. The zero-order chi connectivity index (χ0) is 16.8. The number of hydrogen-bond acceptors (Lipinski definition) is 2. The number of carbonyl (C=O) groups is 1. The Kier molecular flexibility index (Phi) is 5.29. The van der Waals surface area contributed by atoms with Crippen molar-refractivity contribution in [3.8, 4) is 0 Å². The molecule has 1 aromatic carbocycles. The second kappa shape index (κ2) is 7.79. The minimum absolute atomic E-state index is 0.0192. The highest BCUT2D eigenvalue weighted by Gasteiger charge is 2.17. The minimum atomic E-state index is -0.0685. The van der Waals surface area contributed by atoms with Crippen LogP contribution >= 0.6 is 11.6 Å². The maximum atomic E-state index is 12.4. The molecule has 24 heavy (non-hydrogen) atoms. The zero-order valence-electron chi connectivity index (χ0n) is 13.1. The Morgan fingerprint density at radius 3 is 2.50 bits per heavy atom. The second-order valence-corrected chi connectivity index (χ2v) is 5.94. The van der Waals surface area contributed by atoms with Gasteiger partial charge in [-0.2, -0.15) is 0 Å². The molecule has 2 heterocycles. The molecule has 1 N–H and O–H groups in total. The molecule has 5 heteroatoms. The van der Waals surface area contributed by atoms with Gasteiger partial charge in [0, 0.05) is 23.6 Å². The number of aromatic nitrogens is 2. The first-order valence-electron chi connectivity index (χ1n) is 7.77. The first-order valence-corrected chi connectivity index (χ1v) is 8.15. The van der Waals surface area contributed by atoms with Crippen molar-refractivity contribution < 1.29 is 4.79 Å². The van der Waals surface area contributed by atoms with Gasteiger partial charge in [0.2, 0.25) is 5.91 Å². The van der Waals surface area contributed by atoms with Gasteiger partial charge in [0.1, 0.15) is 0 Å². The molecule has 0 aliphatic carbocycles. The molecule has 0 radical (unpaired) electrons. The Morgan fingerprint density at radius 1 is 1.08 bits per heavy atom. The third kappa shape index (κ3) is 4.24. The Balaban J connectivity index is 1.70. The summed E-state index contributed by atoms with van der Waals surface area (Å²) in [6.45, 7) is 0.429. The van der Waals surface area contributed by atoms with Gasteiger partial charge in [0.25, 0.3) is 0 Å². The summed E-state index contributed by atoms with van der Waals surface area (Å²) in [4.78, 5) is 16.6. The van der Waals surface area contributed by atoms with E-state index in [-0.39, 0.29) is 11.9 Å². The summed E-state index contributed by atoms with van der Waals surface area (Å²) in [5, 5.41) is 3.62. The van der Waals surface area contributed by atoms with Crippen LogP contribution in [0, 0.1) is 0 Å². The quantitative estimate of drug-likeness (QED) is 0.741. The van der Waals surface area contributed by atoms with E-state index in [2.05, 4.69) is 10.3 Å². The first-order chi connectivity index (χ1) is 11.7. The molecular formula is C19H18ClN3O. The molecule has 1 unspecified atom stereocenters. The highest BCUT2D eigenvalue weighted by Crippen LogP contribution is 2.24. The van der Waals surface area contributed by atoms with Crippen LogP contribution in [0.2, 0.25) is 5.02 Å². The van der Waals surface area contributed by atoms with Crippen LogP contribution in [0.15, 0.2) is 73.2 Å². The second-order valence-electron chi connectivity index (χ2n) is 5.50. The monoisotopic (exact) mass is 339 g/mol. The van der Waals surface area contributed by atoms with Gasteiger partial charge in [-0.05, 0) is 42.0 Å². The number of nitrogens with one attached hydrogen (secondary N) is 1. The van der Waals surface area contributed by atoms with Gasteiger partial charge in [-0.3, -0.25) is 9.78 Å². The van der Waals surface area contributed by atoms with Gasteiger partial charge in [-0.1, -0.05) is 29.8 Å². The molecule has 0 aliphatic heterocycles. The molecule has 0 bridgehead atoms. The van der Waals surface area contributed by atoms with Crippen molar-refractivity contribution in [2.45, 2.75) is 19.0 Å². The van der Waals surface area contributed by atoms with Gasteiger partial charge in [-0.15, -0.1) is 0 Å². The van der Waals surface area contributed by atoms with E-state index in [0.717, 1.165) is 11.3 Å². The summed E-state index contributed by atoms with van der Waals surface area (Å²) in [5.41, 5.74) is 1.89. The number of carbonyl (C=O) groups excluding carboxylic acids is 1. The van der Waals surface area contributed by atoms with Crippen molar-refractivity contribution in [2.75, 3.05) is 0 Å². The number of nitrogens with zero attached hydrogens (tertiary/aromatic N) is 2. The average molecular weight is 340 g/mol. The molecule has 3 rings (SSSR count). The SMILES string of the molecule is O=C(CC(c1ccc(Cl)cc1)n1cccc1)NCc1ccccn1. The fourth-order valence-electron chi connectivity index (χ4n) is 2.58. The van der Waals surface area contributed by atoms with E-state index in [0.29, 0.717) is 18.0 Å². The van der Waals surface area contributed by atoms with Gasteiger partial charge in [-0.25, -0.2) is 0 Å². The van der Waals surface area contributed by atoms with E-state index in [9.17, 15) is 4.79 Å². The maximum Gasteiger partial charge on any atom is 0.222 e. The molecule has 0 spiro atoms. The van der Waals surface area contributed by atoms with Crippen LogP contribution in [0.4, 0.5) is 0 Å². The van der Waals surface area contributed by atoms with Crippen LogP contribution in [-0.4, -0.2) is 15.5 Å². The molecule has 1 amide bonds. The molecule has 1 atom stereocenters. The fourth-order valence-corrected chi connectivity index (χ4v) is 2.70. The Hall–Kier alpha value is -2.59. The topological polar surface area (TPSA) is 46.9 Å². The van der Waals surface area contributed by atoms with Crippen LogP contribution in [0.5, 0.6) is 0 Å². The van der Waals surface area contributed by atoms with E-state index in [1.165, 1.54) is 0 Å². The number of amides is 1. The Labute approximate surface area is 146 Å². The predicted molar refractivity (Wildman–Crippen MR) is 94.7 cm³/mol. The molecule has 0 fully saturated rings. The van der Waals surface area contributed by atoms with Crippen LogP contribution in [0.25, 0.3) is 0 Å². The molecule has 0 aliphatic rings. The first kappa shape index (κ1) is 16.3. The van der Waals surface area contributed by atoms with E-state index < -0.39 is 0 Å². The van der Waals surface area contributed by atoms with Crippen molar-refractivity contribution in [2.24, 2.45) is 0 Å². The van der Waals surface area contributed by atoms with E-state index in [4.69, 9.17) is 11.6 Å². The summed E-state index contributed by atoms with van der Waals surface area (Å²) in [5.74, 6) is -0.0192. The van der Waals surface area contributed by atoms with E-state index in [1.807, 2.05) is 71.6 Å². The van der Waals surface area contributed by atoms with Crippen LogP contribution < -0.4 is 5.32 Å². The number of benzene rings is 1. The van der Waals surface area contributed by atoms with Crippen molar-refractivity contribution in [1.82, 2.24) is 14.9 Å². The van der Waals surface area contributed by atoms with Crippen LogP contribution in [-0.2, 0) is 11.3 Å². The highest BCUT2D eigenvalue weighted by molar-refractivity contribution is 6.30. The van der Waals surface area contributed by atoms with Crippen LogP contribution in [0.3, 0.4) is 0 Å². The highest BCUT2D eigenvalue weighted by atomic mass is 35.5. The largest absolute Gasteiger partial charge is 0.350 e. The summed E-state index contributed by atoms with van der Waals surface area (Å²) in [7, 11) is 0. The van der Waals surface area contributed by atoms with Gasteiger partial charge >= 0.3 is 0 Å². The van der Waals surface area contributed by atoms with E-state index >= 15 is 0 Å². The zero-order valence-corrected chi connectivity index (χ0v) is 13.9. The molecule has 4 nitrogen and oxygen atoms in total. The Bertz CT molecular complexity index is 770. The Morgan fingerprint density at radius 2 is 1.83 bits per heavy atom. The van der Waals surface area contributed by atoms with Gasteiger partial charge in [0.05, 0.1) is 24.7 Å². The predicted octanol–water partition coefficient (Wildman–Crippen LogP) is 3.83. The molecule has 3 aromatic rings. The lowest BCUT2D eigenvalue weighted by atomic mass is 10.0. The molecule has 2 aromatic heterocycles. The third-order valence-electron chi connectivity index (χ3n) is 3.81. The summed E-state index contributed by atoms with van der Waals surface area (Å²) in [6, 6.07) is 17.1.